The summed E-state index contributed by atoms with van der Waals surface area (Å²) in [6, 6.07) is 10.5. The molecule has 1 aromatic carbocycles. The number of hydrogen-bond donors (Lipinski definition) is 1. The summed E-state index contributed by atoms with van der Waals surface area (Å²) >= 11 is 0. The van der Waals surface area contributed by atoms with Crippen molar-refractivity contribution in [3.8, 4) is 0 Å². The van der Waals surface area contributed by atoms with Crippen molar-refractivity contribution >= 4 is 0 Å². The molecule has 0 saturated carbocycles. The van der Waals surface area contributed by atoms with E-state index in [1.54, 1.807) is 5.31 Å². The fraction of sp³-hybridized carbons (Fsp3) is 0.400. The third-order valence-corrected chi connectivity index (χ3v) is 2.26. The second-order valence-corrected chi connectivity index (χ2v) is 3.03. The van der Waals surface area contributed by atoms with Crippen molar-refractivity contribution < 1.29 is 1.41 Å². The van der Waals surface area contributed by atoms with Crippen LogP contribution in [0.2, 0.25) is 1.41 Å². The van der Waals surface area contributed by atoms with E-state index in [1.807, 2.05) is 6.07 Å². The summed E-state index contributed by atoms with van der Waals surface area (Å²) < 4.78 is 7.45. The van der Waals surface area contributed by atoms with Gasteiger partial charge in [-0.05, 0) is 24.4 Å². The van der Waals surface area contributed by atoms with Crippen LogP contribution in [-0.4, -0.2) is 13.1 Å². The van der Waals surface area contributed by atoms with E-state index in [4.69, 9.17) is 1.41 Å². The average molecular weight is 148 g/mol. The Labute approximate surface area is 68.9 Å². The van der Waals surface area contributed by atoms with Crippen LogP contribution in [0.5, 0.6) is 0 Å². The van der Waals surface area contributed by atoms with E-state index in [-0.39, 0.29) is 0 Å². The quantitative estimate of drug-likeness (QED) is 0.640. The highest BCUT2D eigenvalue weighted by atomic mass is 14.9. The zero-order chi connectivity index (χ0) is 8.39. The molecular weight excluding hydrogens is 134 g/mol. The lowest BCUT2D eigenvalue weighted by Gasteiger charge is -2.06. The zero-order valence-corrected chi connectivity index (χ0v) is 6.53. The molecule has 1 fully saturated rings. The summed E-state index contributed by atoms with van der Waals surface area (Å²) in [5.41, 5.74) is 1.38. The van der Waals surface area contributed by atoms with Gasteiger partial charge in [-0.25, -0.2) is 0 Å². The molecule has 1 nitrogen and oxygen atoms in total. The van der Waals surface area contributed by atoms with E-state index in [9.17, 15) is 0 Å². The summed E-state index contributed by atoms with van der Waals surface area (Å²) in [7, 11) is 0. The SMILES string of the molecule is [2H]N1CC[C@@H](c2ccccc2)C1. The van der Waals surface area contributed by atoms with Gasteiger partial charge in [0.05, 0.1) is 0 Å². The zero-order valence-electron chi connectivity index (χ0n) is 7.53. The third kappa shape index (κ3) is 1.43. The van der Waals surface area contributed by atoms with Gasteiger partial charge in [-0.1, -0.05) is 30.3 Å². The second-order valence-electron chi connectivity index (χ2n) is 3.03. The van der Waals surface area contributed by atoms with Crippen molar-refractivity contribution in [1.82, 2.24) is 5.31 Å². The molecule has 11 heavy (non-hydrogen) atoms. The molecule has 0 aliphatic carbocycles. The summed E-state index contributed by atoms with van der Waals surface area (Å²) in [5, 5.41) is 1.65. The molecule has 0 spiro atoms. The molecule has 0 radical (unpaired) electrons. The Hall–Kier alpha value is -0.820. The first-order valence-corrected chi connectivity index (χ1v) is 4.15. The van der Waals surface area contributed by atoms with Gasteiger partial charge in [0.1, 0.15) is 1.41 Å². The van der Waals surface area contributed by atoms with E-state index in [0.717, 1.165) is 19.5 Å². The molecule has 0 amide bonds. The lowest BCUT2D eigenvalue weighted by molar-refractivity contribution is 0.763. The summed E-state index contributed by atoms with van der Waals surface area (Å²) in [4.78, 5) is 0. The van der Waals surface area contributed by atoms with Crippen LogP contribution >= 0.6 is 0 Å². The predicted molar refractivity (Wildman–Crippen MR) is 46.7 cm³/mol. The van der Waals surface area contributed by atoms with E-state index >= 15 is 0 Å². The van der Waals surface area contributed by atoms with Gasteiger partial charge in [-0.3, -0.25) is 0 Å². The molecule has 1 heterocycles. The third-order valence-electron chi connectivity index (χ3n) is 2.26. The van der Waals surface area contributed by atoms with Crippen LogP contribution in [0.1, 0.15) is 17.9 Å². The van der Waals surface area contributed by atoms with Crippen LogP contribution in [0.25, 0.3) is 0 Å². The van der Waals surface area contributed by atoms with Gasteiger partial charge in [0.25, 0.3) is 0 Å². The topological polar surface area (TPSA) is 12.0 Å². The van der Waals surface area contributed by atoms with Gasteiger partial charge < -0.3 is 5.31 Å². The molecule has 0 unspecified atom stereocenters. The molecule has 1 atom stereocenters. The van der Waals surface area contributed by atoms with Crippen molar-refractivity contribution in [2.75, 3.05) is 13.1 Å². The smallest absolute Gasteiger partial charge is 0.122 e. The van der Waals surface area contributed by atoms with Crippen LogP contribution in [0, 0.1) is 0 Å². The van der Waals surface area contributed by atoms with E-state index in [2.05, 4.69) is 24.3 Å². The van der Waals surface area contributed by atoms with Gasteiger partial charge in [0, 0.05) is 6.54 Å². The number of nitrogens with one attached hydrogen (secondary N) is 1. The van der Waals surface area contributed by atoms with Gasteiger partial charge in [0.15, 0.2) is 0 Å². The van der Waals surface area contributed by atoms with Crippen molar-refractivity contribution in [3.63, 3.8) is 0 Å². The molecule has 0 bridgehead atoms. The Kier molecular flexibility index (Phi) is 1.61. The van der Waals surface area contributed by atoms with Crippen molar-refractivity contribution in [1.29, 1.82) is 0 Å². The first-order valence-electron chi connectivity index (χ1n) is 4.60. The maximum atomic E-state index is 7.45. The average Bonchev–Trinajstić information content (AvgIpc) is 2.54. The monoisotopic (exact) mass is 148 g/mol. The standard InChI is InChI=1S/C10H13N/c1-2-4-9(5-3-1)10-6-7-11-8-10/h1-5,10-11H,6-8H2/t10-/m1/s1/i/hD. The van der Waals surface area contributed by atoms with Crippen molar-refractivity contribution in [3.05, 3.63) is 35.9 Å². The number of benzene rings is 1. The minimum absolute atomic E-state index is 0.587. The maximum Gasteiger partial charge on any atom is 0.122 e. The van der Waals surface area contributed by atoms with Crippen LogP contribution in [0.15, 0.2) is 30.3 Å². The highest BCUT2D eigenvalue weighted by Gasteiger charge is 2.15. The van der Waals surface area contributed by atoms with Crippen LogP contribution in [-0.2, 0) is 0 Å². The first-order chi connectivity index (χ1) is 5.86. The molecule has 1 aliphatic rings. The minimum atomic E-state index is 0.587. The van der Waals surface area contributed by atoms with E-state index in [1.165, 1.54) is 5.56 Å². The highest BCUT2D eigenvalue weighted by Crippen LogP contribution is 2.21. The normalized spacial score (nSPS) is 26.9. The molecule has 1 heteroatoms. The first kappa shape index (κ1) is 5.78. The van der Waals surface area contributed by atoms with Crippen molar-refractivity contribution in [2.24, 2.45) is 0 Å². The van der Waals surface area contributed by atoms with Crippen LogP contribution in [0.3, 0.4) is 0 Å². The van der Waals surface area contributed by atoms with E-state index in [0.29, 0.717) is 5.92 Å². The lowest BCUT2D eigenvalue weighted by Crippen LogP contribution is -2.07. The molecule has 1 N–H and O–H groups in total. The predicted octanol–water partition coefficient (Wildman–Crippen LogP) is 1.76. The largest absolute Gasteiger partial charge is 0.316 e. The molecular formula is C10H13N. The van der Waals surface area contributed by atoms with Crippen LogP contribution < -0.4 is 5.31 Å². The number of rotatable bonds is 1. The second kappa shape index (κ2) is 3.05. The highest BCUT2D eigenvalue weighted by molar-refractivity contribution is 5.20. The summed E-state index contributed by atoms with van der Waals surface area (Å²) in [6.07, 6.45) is 1.13. The van der Waals surface area contributed by atoms with Gasteiger partial charge in [-0.15, -0.1) is 0 Å². The molecule has 1 aliphatic heterocycles. The molecule has 0 aromatic heterocycles. The van der Waals surface area contributed by atoms with Gasteiger partial charge in [0.2, 0.25) is 0 Å². The molecule has 2 rings (SSSR count). The fourth-order valence-corrected chi connectivity index (χ4v) is 1.58. The Morgan fingerprint density at radius 3 is 2.82 bits per heavy atom. The molecule has 1 aromatic rings. The van der Waals surface area contributed by atoms with Gasteiger partial charge in [-0.2, -0.15) is 0 Å². The maximum absolute atomic E-state index is 7.45. The summed E-state index contributed by atoms with van der Waals surface area (Å²) in [6.45, 7) is 1.81. The van der Waals surface area contributed by atoms with Crippen molar-refractivity contribution in [2.45, 2.75) is 12.3 Å². The fourth-order valence-electron chi connectivity index (χ4n) is 1.58. The molecule has 1 saturated heterocycles. The van der Waals surface area contributed by atoms with Crippen LogP contribution in [0.4, 0.5) is 0 Å². The number of hydrogen-bond acceptors (Lipinski definition) is 1. The summed E-state index contributed by atoms with van der Waals surface area (Å²) in [5.74, 6) is 0.587. The van der Waals surface area contributed by atoms with Gasteiger partial charge >= 0.3 is 0 Å². The Balaban J connectivity index is 2.11. The molecule has 58 valence electrons. The Morgan fingerprint density at radius 2 is 2.18 bits per heavy atom. The Morgan fingerprint density at radius 1 is 1.36 bits per heavy atom. The Bertz CT molecular complexity index is 247. The minimum Gasteiger partial charge on any atom is -0.316 e. The van der Waals surface area contributed by atoms with E-state index < -0.39 is 0 Å². The lowest BCUT2D eigenvalue weighted by atomic mass is 9.99.